The van der Waals surface area contributed by atoms with Crippen LogP contribution in [0.2, 0.25) is 0 Å². The number of anilines is 1. The van der Waals surface area contributed by atoms with Gasteiger partial charge in [0.05, 0.1) is 49.6 Å². The predicted molar refractivity (Wildman–Crippen MR) is 147 cm³/mol. The zero-order valence-electron chi connectivity index (χ0n) is 21.8. The van der Waals surface area contributed by atoms with Gasteiger partial charge in [0.15, 0.2) is 0 Å². The number of ether oxygens (including phenoxy) is 2. The number of likely N-dealkylation sites (tertiary alicyclic amines) is 1. The fourth-order valence-electron chi connectivity index (χ4n) is 5.07. The summed E-state index contributed by atoms with van der Waals surface area (Å²) in [6.45, 7) is 5.30. The Labute approximate surface area is 226 Å². The minimum absolute atomic E-state index is 0.572. The fourth-order valence-corrected chi connectivity index (χ4v) is 5.07. The van der Waals surface area contributed by atoms with Gasteiger partial charge in [0, 0.05) is 62.7 Å². The summed E-state index contributed by atoms with van der Waals surface area (Å²) in [6.07, 6.45) is 9.30. The second-order valence-electron chi connectivity index (χ2n) is 10.3. The van der Waals surface area contributed by atoms with E-state index in [1.165, 1.54) is 0 Å². The van der Waals surface area contributed by atoms with Gasteiger partial charge in [-0.1, -0.05) is 24.3 Å². The molecule has 2 aliphatic heterocycles. The van der Waals surface area contributed by atoms with Crippen LogP contribution in [0.25, 0.3) is 28.2 Å². The summed E-state index contributed by atoms with van der Waals surface area (Å²) in [4.78, 5) is 16.0. The van der Waals surface area contributed by atoms with Crippen molar-refractivity contribution in [3.63, 3.8) is 0 Å². The molecule has 39 heavy (non-hydrogen) atoms. The molecule has 7 rings (SSSR count). The Balaban J connectivity index is 0.978. The van der Waals surface area contributed by atoms with Crippen LogP contribution < -0.4 is 10.1 Å². The number of hydrogen-bond acceptors (Lipinski definition) is 8. The van der Waals surface area contributed by atoms with Gasteiger partial charge < -0.3 is 14.8 Å². The van der Waals surface area contributed by atoms with Crippen molar-refractivity contribution in [2.45, 2.75) is 12.6 Å². The number of nitrogens with one attached hydrogen (secondary N) is 1. The van der Waals surface area contributed by atoms with Crippen molar-refractivity contribution in [1.29, 1.82) is 0 Å². The van der Waals surface area contributed by atoms with Gasteiger partial charge in [-0.2, -0.15) is 5.10 Å². The molecule has 2 fully saturated rings. The molecule has 1 aromatic carbocycles. The van der Waals surface area contributed by atoms with Crippen LogP contribution in [0, 0.1) is 5.92 Å². The number of nitrogens with zero attached hydrogens (tertiary/aromatic N) is 7. The third-order valence-corrected chi connectivity index (χ3v) is 7.49. The quantitative estimate of drug-likeness (QED) is 0.314. The van der Waals surface area contributed by atoms with Crippen LogP contribution in [0.5, 0.6) is 5.75 Å². The first-order chi connectivity index (χ1) is 19.2. The second kappa shape index (κ2) is 10.1. The van der Waals surface area contributed by atoms with Gasteiger partial charge in [0.1, 0.15) is 23.5 Å². The third-order valence-electron chi connectivity index (χ3n) is 7.49. The maximum absolute atomic E-state index is 6.09. The van der Waals surface area contributed by atoms with Crippen molar-refractivity contribution in [1.82, 2.24) is 34.0 Å². The Bertz CT molecular complexity index is 1580. The molecular formula is C29H30N8O2. The van der Waals surface area contributed by atoms with Gasteiger partial charge in [0.25, 0.3) is 0 Å². The Morgan fingerprint density at radius 3 is 2.64 bits per heavy atom. The second-order valence-corrected chi connectivity index (χ2v) is 10.3. The van der Waals surface area contributed by atoms with Crippen LogP contribution in [0.3, 0.4) is 0 Å². The van der Waals surface area contributed by atoms with Crippen molar-refractivity contribution in [2.75, 3.05) is 38.2 Å². The molecule has 10 nitrogen and oxygen atoms in total. The van der Waals surface area contributed by atoms with E-state index in [2.05, 4.69) is 54.5 Å². The highest BCUT2D eigenvalue weighted by Gasteiger charge is 2.36. The average Bonchev–Trinajstić information content (AvgIpc) is 3.54. The Kier molecular flexibility index (Phi) is 6.18. The highest BCUT2D eigenvalue weighted by molar-refractivity contribution is 5.64. The number of aromatic nitrogens is 6. The van der Waals surface area contributed by atoms with Crippen molar-refractivity contribution >= 4 is 11.5 Å². The monoisotopic (exact) mass is 522 g/mol. The molecule has 1 N–H and O–H groups in total. The van der Waals surface area contributed by atoms with Gasteiger partial charge in [-0.05, 0) is 17.2 Å². The SMILES string of the molecule is Cn1cc(-c2ccc(CNc3cc(-c4cnc5cc(OCC6CN(C7COC7)C6)ccn45)ncn3)cc2)cn1. The molecule has 0 atom stereocenters. The van der Waals surface area contributed by atoms with Gasteiger partial charge in [-0.25, -0.2) is 15.0 Å². The summed E-state index contributed by atoms with van der Waals surface area (Å²) in [5.74, 6) is 2.17. The molecule has 0 radical (unpaired) electrons. The maximum atomic E-state index is 6.09. The number of imidazole rings is 1. The van der Waals surface area contributed by atoms with Crippen molar-refractivity contribution < 1.29 is 9.47 Å². The Hall–Kier alpha value is -4.28. The molecule has 0 spiro atoms. The lowest BCUT2D eigenvalue weighted by Gasteiger charge is -2.47. The average molecular weight is 523 g/mol. The summed E-state index contributed by atoms with van der Waals surface area (Å²) in [6, 6.07) is 15.0. The van der Waals surface area contributed by atoms with Crippen LogP contribution in [0.15, 0.2) is 73.6 Å². The van der Waals surface area contributed by atoms with Crippen molar-refractivity contribution in [3.05, 3.63) is 79.1 Å². The van der Waals surface area contributed by atoms with Gasteiger partial charge in [-0.3, -0.25) is 14.0 Å². The summed E-state index contributed by atoms with van der Waals surface area (Å²) in [5, 5.41) is 7.66. The summed E-state index contributed by atoms with van der Waals surface area (Å²) in [7, 11) is 1.92. The molecule has 2 aliphatic rings. The first kappa shape index (κ1) is 23.8. The molecule has 10 heteroatoms. The topological polar surface area (TPSA) is 94.6 Å². The highest BCUT2D eigenvalue weighted by atomic mass is 16.5. The van der Waals surface area contributed by atoms with E-state index in [0.717, 1.165) is 78.2 Å². The van der Waals surface area contributed by atoms with E-state index in [1.807, 2.05) is 59.1 Å². The number of hydrogen-bond donors (Lipinski definition) is 1. The van der Waals surface area contributed by atoms with E-state index in [9.17, 15) is 0 Å². The predicted octanol–water partition coefficient (Wildman–Crippen LogP) is 3.51. The number of pyridine rings is 1. The first-order valence-electron chi connectivity index (χ1n) is 13.2. The summed E-state index contributed by atoms with van der Waals surface area (Å²) in [5.41, 5.74) is 5.94. The summed E-state index contributed by atoms with van der Waals surface area (Å²) < 4.78 is 15.2. The maximum Gasteiger partial charge on any atom is 0.140 e. The van der Waals surface area contributed by atoms with Crippen molar-refractivity contribution in [2.24, 2.45) is 13.0 Å². The molecule has 2 saturated heterocycles. The standard InChI is InChI=1S/C29H30N8O2/c1-35-15-23(11-34-35)22-4-2-20(3-5-22)10-30-28-9-26(32-19-33-28)27-12-31-29-8-25(6-7-37(27)29)39-16-21-13-36(14-21)24-17-38-18-24/h2-9,11-12,15,19,21,24H,10,13-14,16-18H2,1H3,(H,30,32,33). The van der Waals surface area contributed by atoms with Crippen LogP contribution in [-0.4, -0.2) is 73.0 Å². The number of aryl methyl sites for hydroxylation is 1. The van der Waals surface area contributed by atoms with Crippen molar-refractivity contribution in [3.8, 4) is 28.3 Å². The minimum Gasteiger partial charge on any atom is -0.493 e. The van der Waals surface area contributed by atoms with Crippen LogP contribution in [0.1, 0.15) is 5.56 Å². The van der Waals surface area contributed by atoms with E-state index in [1.54, 1.807) is 6.33 Å². The summed E-state index contributed by atoms with van der Waals surface area (Å²) >= 11 is 0. The van der Waals surface area contributed by atoms with E-state index >= 15 is 0 Å². The molecule has 198 valence electrons. The molecule has 0 aliphatic carbocycles. The van der Waals surface area contributed by atoms with Crippen LogP contribution >= 0.6 is 0 Å². The molecular weight excluding hydrogens is 492 g/mol. The molecule has 4 aromatic heterocycles. The Morgan fingerprint density at radius 1 is 1.00 bits per heavy atom. The Morgan fingerprint density at radius 2 is 1.87 bits per heavy atom. The van der Waals surface area contributed by atoms with Gasteiger partial charge in [0.2, 0.25) is 0 Å². The molecule has 0 saturated carbocycles. The molecule has 0 unspecified atom stereocenters. The van der Waals surface area contributed by atoms with E-state index in [-0.39, 0.29) is 0 Å². The zero-order chi connectivity index (χ0) is 26.2. The zero-order valence-corrected chi connectivity index (χ0v) is 21.8. The molecule has 0 bridgehead atoms. The molecule has 6 heterocycles. The largest absolute Gasteiger partial charge is 0.493 e. The lowest BCUT2D eigenvalue weighted by molar-refractivity contribution is -0.106. The molecule has 5 aromatic rings. The smallest absolute Gasteiger partial charge is 0.140 e. The number of rotatable bonds is 9. The van der Waals surface area contributed by atoms with E-state index < -0.39 is 0 Å². The molecule has 0 amide bonds. The lowest BCUT2D eigenvalue weighted by Crippen LogP contribution is -2.60. The minimum atomic E-state index is 0.572. The van der Waals surface area contributed by atoms with E-state index in [4.69, 9.17) is 9.47 Å². The number of fused-ring (bicyclic) bond motifs is 1. The third kappa shape index (κ3) is 4.96. The fraction of sp³-hybridized carbons (Fsp3) is 0.310. The van der Waals surface area contributed by atoms with Crippen LogP contribution in [-0.2, 0) is 18.3 Å². The van der Waals surface area contributed by atoms with Crippen LogP contribution in [0.4, 0.5) is 5.82 Å². The normalized spacial score (nSPS) is 16.2. The van der Waals surface area contributed by atoms with E-state index in [0.29, 0.717) is 18.5 Å². The highest BCUT2D eigenvalue weighted by Crippen LogP contribution is 2.26. The number of benzene rings is 1. The van der Waals surface area contributed by atoms with Gasteiger partial charge in [-0.15, -0.1) is 0 Å². The van der Waals surface area contributed by atoms with Gasteiger partial charge >= 0.3 is 0 Å². The lowest BCUT2D eigenvalue weighted by atomic mass is 9.98. The first-order valence-corrected chi connectivity index (χ1v) is 13.2.